The van der Waals surface area contributed by atoms with E-state index in [2.05, 4.69) is 15.0 Å². The van der Waals surface area contributed by atoms with Crippen LogP contribution < -0.4 is 5.56 Å². The SMILES string of the molecule is O=c1[nH]c(CSc2nc3ccccc3o2)nc2scc(-c3ccc(F)cc3)c12. The number of nitrogens with one attached hydrogen (secondary N) is 1. The molecule has 0 fully saturated rings. The fraction of sp³-hybridized carbons (Fsp3) is 0.0500. The van der Waals surface area contributed by atoms with Gasteiger partial charge in [-0.15, -0.1) is 11.3 Å². The minimum absolute atomic E-state index is 0.209. The second-order valence-corrected chi connectivity index (χ2v) is 7.87. The van der Waals surface area contributed by atoms with Crippen molar-refractivity contribution in [2.24, 2.45) is 0 Å². The second kappa shape index (κ2) is 6.88. The molecule has 0 spiro atoms. The molecule has 5 aromatic rings. The van der Waals surface area contributed by atoms with Crippen molar-refractivity contribution in [3.63, 3.8) is 0 Å². The molecule has 0 aliphatic heterocycles. The van der Waals surface area contributed by atoms with Crippen LogP contribution in [0.2, 0.25) is 0 Å². The molecule has 0 radical (unpaired) electrons. The summed E-state index contributed by atoms with van der Waals surface area (Å²) in [4.78, 5) is 25.1. The van der Waals surface area contributed by atoms with Crippen molar-refractivity contribution in [1.29, 1.82) is 0 Å². The summed E-state index contributed by atoms with van der Waals surface area (Å²) >= 11 is 2.77. The number of nitrogens with zero attached hydrogens (tertiary/aromatic N) is 2. The normalized spacial score (nSPS) is 11.5. The number of thiophene rings is 1. The van der Waals surface area contributed by atoms with Gasteiger partial charge in [-0.3, -0.25) is 4.79 Å². The number of para-hydroxylation sites is 2. The number of halogens is 1. The molecule has 0 saturated heterocycles. The molecule has 8 heteroatoms. The Balaban J connectivity index is 1.45. The van der Waals surface area contributed by atoms with Crippen molar-refractivity contribution < 1.29 is 8.81 Å². The Labute approximate surface area is 166 Å². The van der Waals surface area contributed by atoms with Gasteiger partial charge < -0.3 is 9.40 Å². The first kappa shape index (κ1) is 17.2. The van der Waals surface area contributed by atoms with Gasteiger partial charge in [-0.25, -0.2) is 14.4 Å². The van der Waals surface area contributed by atoms with E-state index in [9.17, 15) is 9.18 Å². The molecule has 3 aromatic heterocycles. The lowest BCUT2D eigenvalue weighted by Crippen LogP contribution is -2.10. The van der Waals surface area contributed by atoms with Gasteiger partial charge in [0.25, 0.3) is 10.8 Å². The molecule has 0 amide bonds. The molecule has 5 rings (SSSR count). The Hall–Kier alpha value is -2.97. The van der Waals surface area contributed by atoms with Crippen molar-refractivity contribution in [2.45, 2.75) is 11.0 Å². The van der Waals surface area contributed by atoms with Gasteiger partial charge in [0.05, 0.1) is 11.1 Å². The van der Waals surface area contributed by atoms with Crippen LogP contribution in [-0.2, 0) is 5.75 Å². The maximum atomic E-state index is 13.2. The third kappa shape index (κ3) is 3.10. The van der Waals surface area contributed by atoms with E-state index in [0.29, 0.717) is 27.0 Å². The molecule has 2 aromatic carbocycles. The molecule has 0 aliphatic rings. The summed E-state index contributed by atoms with van der Waals surface area (Å²) in [5, 5.41) is 2.92. The quantitative estimate of drug-likeness (QED) is 0.412. The zero-order chi connectivity index (χ0) is 19.1. The van der Waals surface area contributed by atoms with Crippen LogP contribution in [0.4, 0.5) is 4.39 Å². The van der Waals surface area contributed by atoms with Gasteiger partial charge in [0.1, 0.15) is 22.0 Å². The van der Waals surface area contributed by atoms with Gasteiger partial charge in [0.2, 0.25) is 0 Å². The molecule has 28 heavy (non-hydrogen) atoms. The summed E-state index contributed by atoms with van der Waals surface area (Å²) in [5.74, 6) is 0.674. The van der Waals surface area contributed by atoms with Crippen LogP contribution in [0.15, 0.2) is 68.3 Å². The number of hydrogen-bond donors (Lipinski definition) is 1. The van der Waals surface area contributed by atoms with Crippen molar-refractivity contribution in [3.8, 4) is 11.1 Å². The summed E-state index contributed by atoms with van der Waals surface area (Å²) in [5.41, 5.74) is 2.85. The Bertz CT molecular complexity index is 1320. The van der Waals surface area contributed by atoms with Crippen molar-refractivity contribution in [2.75, 3.05) is 0 Å². The first-order chi connectivity index (χ1) is 13.7. The molecular weight excluding hydrogens is 397 g/mol. The Kier molecular flexibility index (Phi) is 4.22. The number of aromatic nitrogens is 3. The highest BCUT2D eigenvalue weighted by Gasteiger charge is 2.14. The lowest BCUT2D eigenvalue weighted by atomic mass is 10.1. The van der Waals surface area contributed by atoms with Crippen LogP contribution >= 0.6 is 23.1 Å². The van der Waals surface area contributed by atoms with Crippen LogP contribution in [0, 0.1) is 5.82 Å². The molecule has 0 unspecified atom stereocenters. The topological polar surface area (TPSA) is 71.8 Å². The molecule has 3 heterocycles. The fourth-order valence-corrected chi connectivity index (χ4v) is 4.62. The lowest BCUT2D eigenvalue weighted by Gasteiger charge is -2.01. The monoisotopic (exact) mass is 409 g/mol. The summed E-state index contributed by atoms with van der Waals surface area (Å²) in [7, 11) is 0. The molecular formula is C20H12FN3O2S2. The Morgan fingerprint density at radius 2 is 1.93 bits per heavy atom. The van der Waals surface area contributed by atoms with E-state index >= 15 is 0 Å². The number of H-pyrrole nitrogens is 1. The summed E-state index contributed by atoms with van der Waals surface area (Å²) in [6, 6.07) is 13.6. The van der Waals surface area contributed by atoms with Crippen LogP contribution in [0.5, 0.6) is 0 Å². The molecule has 0 atom stereocenters. The van der Waals surface area contributed by atoms with E-state index in [1.807, 2.05) is 29.6 Å². The maximum absolute atomic E-state index is 13.2. The number of hydrogen-bond acceptors (Lipinski definition) is 6. The predicted molar refractivity (Wildman–Crippen MR) is 109 cm³/mol. The van der Waals surface area contributed by atoms with Gasteiger partial charge in [0.15, 0.2) is 5.58 Å². The minimum atomic E-state index is -0.311. The summed E-state index contributed by atoms with van der Waals surface area (Å²) in [6.45, 7) is 0. The third-order valence-electron chi connectivity index (χ3n) is 4.25. The largest absolute Gasteiger partial charge is 0.431 e. The van der Waals surface area contributed by atoms with Gasteiger partial charge >= 0.3 is 0 Å². The molecule has 1 N–H and O–H groups in total. The van der Waals surface area contributed by atoms with Crippen LogP contribution in [0.3, 0.4) is 0 Å². The number of fused-ring (bicyclic) bond motifs is 2. The minimum Gasteiger partial charge on any atom is -0.431 e. The average Bonchev–Trinajstić information content (AvgIpc) is 3.31. The third-order valence-corrected chi connectivity index (χ3v) is 5.97. The fourth-order valence-electron chi connectivity index (χ4n) is 2.95. The van der Waals surface area contributed by atoms with E-state index < -0.39 is 0 Å². The van der Waals surface area contributed by atoms with Gasteiger partial charge in [0, 0.05) is 10.9 Å². The highest BCUT2D eigenvalue weighted by Crippen LogP contribution is 2.31. The summed E-state index contributed by atoms with van der Waals surface area (Å²) in [6.07, 6.45) is 0. The average molecular weight is 409 g/mol. The van der Waals surface area contributed by atoms with Crippen molar-refractivity contribution >= 4 is 44.4 Å². The molecule has 0 saturated carbocycles. The molecule has 5 nitrogen and oxygen atoms in total. The lowest BCUT2D eigenvalue weighted by molar-refractivity contribution is 0.489. The predicted octanol–water partition coefficient (Wildman–Crippen LogP) is 5.22. The first-order valence-corrected chi connectivity index (χ1v) is 10.3. The van der Waals surface area contributed by atoms with E-state index in [-0.39, 0.29) is 11.4 Å². The standard InChI is InChI=1S/C20H12FN3O2S2/c21-12-7-5-11(6-8-12)13-9-27-19-17(13)18(25)23-16(24-19)10-28-20-22-14-3-1-2-4-15(14)26-20/h1-9H,10H2,(H,23,24,25). The number of rotatable bonds is 4. The molecule has 0 aliphatic carbocycles. The van der Waals surface area contributed by atoms with E-state index in [1.54, 1.807) is 12.1 Å². The van der Waals surface area contributed by atoms with Crippen LogP contribution in [-0.4, -0.2) is 15.0 Å². The zero-order valence-electron chi connectivity index (χ0n) is 14.3. The second-order valence-electron chi connectivity index (χ2n) is 6.09. The summed E-state index contributed by atoms with van der Waals surface area (Å²) < 4.78 is 18.9. The molecule has 138 valence electrons. The number of benzene rings is 2. The van der Waals surface area contributed by atoms with E-state index in [0.717, 1.165) is 22.2 Å². The van der Waals surface area contributed by atoms with Gasteiger partial charge in [-0.05, 0) is 29.8 Å². The smallest absolute Gasteiger partial charge is 0.260 e. The van der Waals surface area contributed by atoms with Crippen LogP contribution in [0.25, 0.3) is 32.4 Å². The van der Waals surface area contributed by atoms with Gasteiger partial charge in [-0.2, -0.15) is 0 Å². The number of oxazole rings is 1. The Morgan fingerprint density at radius 3 is 2.75 bits per heavy atom. The number of thioether (sulfide) groups is 1. The van der Waals surface area contributed by atoms with E-state index in [1.165, 1.54) is 35.2 Å². The number of aromatic amines is 1. The molecule has 0 bridgehead atoms. The van der Waals surface area contributed by atoms with Crippen LogP contribution in [0.1, 0.15) is 5.82 Å². The van der Waals surface area contributed by atoms with Crippen molar-refractivity contribution in [3.05, 3.63) is 75.9 Å². The van der Waals surface area contributed by atoms with Gasteiger partial charge in [-0.1, -0.05) is 36.0 Å². The zero-order valence-corrected chi connectivity index (χ0v) is 15.9. The highest BCUT2D eigenvalue weighted by molar-refractivity contribution is 7.98. The highest BCUT2D eigenvalue weighted by atomic mass is 32.2. The first-order valence-electron chi connectivity index (χ1n) is 8.42. The Morgan fingerprint density at radius 1 is 1.11 bits per heavy atom. The maximum Gasteiger partial charge on any atom is 0.260 e. The van der Waals surface area contributed by atoms with Crippen molar-refractivity contribution in [1.82, 2.24) is 15.0 Å². The van der Waals surface area contributed by atoms with E-state index in [4.69, 9.17) is 4.42 Å².